The molecule has 0 saturated heterocycles. The number of rotatable bonds is 2. The summed E-state index contributed by atoms with van der Waals surface area (Å²) in [6.45, 7) is 0.578. The van der Waals surface area contributed by atoms with E-state index >= 15 is 0 Å². The van der Waals surface area contributed by atoms with Crippen molar-refractivity contribution in [2.45, 2.75) is 43.6 Å². The lowest BCUT2D eigenvalue weighted by atomic mass is 9.84. The Bertz CT molecular complexity index is 1690. The number of benzene rings is 3. The molecule has 4 heterocycles. The van der Waals surface area contributed by atoms with Gasteiger partial charge in [-0.3, -0.25) is 4.79 Å². The third kappa shape index (κ3) is 2.04. The molecule has 2 aliphatic heterocycles. The molecule has 0 radical (unpaired) electrons. The highest BCUT2D eigenvalue weighted by molar-refractivity contribution is 6.31. The Hall–Kier alpha value is -3.35. The molecule has 170 valence electrons. The zero-order chi connectivity index (χ0) is 22.7. The fraction of sp³-hybridized carbons (Fsp3) is 0.321. The number of fused-ring (bicyclic) bond motifs is 13. The first-order valence-corrected chi connectivity index (χ1v) is 12.2. The Morgan fingerprint density at radius 2 is 1.62 bits per heavy atom. The fourth-order valence-electron chi connectivity index (χ4n) is 7.51. The van der Waals surface area contributed by atoms with Crippen molar-refractivity contribution in [2.24, 2.45) is 0 Å². The van der Waals surface area contributed by atoms with Crippen LogP contribution in [-0.4, -0.2) is 41.3 Å². The summed E-state index contributed by atoms with van der Waals surface area (Å²) in [6.07, 6.45) is 2.07. The molecule has 0 spiro atoms. The zero-order valence-corrected chi connectivity index (χ0v) is 19.3. The van der Waals surface area contributed by atoms with E-state index in [1.54, 1.807) is 0 Å². The summed E-state index contributed by atoms with van der Waals surface area (Å²) in [5.41, 5.74) is 6.93. The van der Waals surface area contributed by atoms with Gasteiger partial charge in [0.25, 0.3) is 5.91 Å². The Morgan fingerprint density at radius 1 is 0.941 bits per heavy atom. The lowest BCUT2D eigenvalue weighted by Crippen LogP contribution is -2.49. The van der Waals surface area contributed by atoms with Gasteiger partial charge in [-0.2, -0.15) is 0 Å². The molecule has 1 fully saturated rings. The van der Waals surface area contributed by atoms with Crippen molar-refractivity contribution >= 4 is 49.5 Å². The van der Waals surface area contributed by atoms with Crippen molar-refractivity contribution < 1.29 is 9.53 Å². The number of ether oxygens (including phenoxy) is 1. The number of nitrogens with zero attached hydrogens (tertiary/aromatic N) is 2. The Labute approximate surface area is 196 Å². The van der Waals surface area contributed by atoms with E-state index < -0.39 is 0 Å². The van der Waals surface area contributed by atoms with E-state index in [0.29, 0.717) is 12.6 Å². The van der Waals surface area contributed by atoms with Crippen LogP contribution in [0.4, 0.5) is 0 Å². The third-order valence-electron chi connectivity index (χ3n) is 8.71. The van der Waals surface area contributed by atoms with Gasteiger partial charge in [0.05, 0.1) is 28.7 Å². The summed E-state index contributed by atoms with van der Waals surface area (Å²) in [7, 11) is 3.90. The van der Waals surface area contributed by atoms with Crippen LogP contribution in [0.1, 0.15) is 40.8 Å². The van der Waals surface area contributed by atoms with Crippen LogP contribution in [0, 0.1) is 0 Å². The van der Waals surface area contributed by atoms with E-state index in [0.717, 1.165) is 29.4 Å². The summed E-state index contributed by atoms with van der Waals surface area (Å²) < 4.78 is 11.3. The van der Waals surface area contributed by atoms with Crippen molar-refractivity contribution in [3.8, 4) is 0 Å². The largest absolute Gasteiger partial charge is 0.378 e. The number of para-hydroxylation sites is 2. The maximum absolute atomic E-state index is 13.3. The molecule has 6 heteroatoms. The van der Waals surface area contributed by atoms with E-state index in [9.17, 15) is 4.79 Å². The van der Waals surface area contributed by atoms with Crippen LogP contribution in [-0.2, 0) is 11.3 Å². The van der Waals surface area contributed by atoms with Gasteiger partial charge in [0.2, 0.25) is 0 Å². The Kier molecular flexibility index (Phi) is 3.58. The quantitative estimate of drug-likeness (QED) is 0.412. The fourth-order valence-corrected chi connectivity index (χ4v) is 7.51. The third-order valence-corrected chi connectivity index (χ3v) is 8.71. The summed E-state index contributed by atoms with van der Waals surface area (Å²) >= 11 is 0. The second kappa shape index (κ2) is 6.40. The van der Waals surface area contributed by atoms with E-state index in [4.69, 9.17) is 4.74 Å². The van der Waals surface area contributed by atoms with E-state index in [1.165, 1.54) is 38.2 Å². The number of carbonyl (C=O) groups excluding carboxylic acids is 1. The highest BCUT2D eigenvalue weighted by Crippen LogP contribution is 2.52. The van der Waals surface area contributed by atoms with Crippen LogP contribution in [0.25, 0.3) is 43.6 Å². The van der Waals surface area contributed by atoms with Crippen LogP contribution in [0.15, 0.2) is 48.5 Å². The van der Waals surface area contributed by atoms with Gasteiger partial charge in [-0.05, 0) is 37.6 Å². The predicted octanol–water partition coefficient (Wildman–Crippen LogP) is 4.64. The second-order valence-corrected chi connectivity index (χ2v) is 10.0. The average Bonchev–Trinajstić information content (AvgIpc) is 3.50. The first kappa shape index (κ1) is 19.0. The molecule has 8 rings (SSSR count). The maximum Gasteiger partial charge on any atom is 0.252 e. The van der Waals surface area contributed by atoms with E-state index in [-0.39, 0.29) is 24.1 Å². The first-order valence-electron chi connectivity index (χ1n) is 12.2. The minimum atomic E-state index is 0.0479. The molecule has 5 aromatic rings. The predicted molar refractivity (Wildman–Crippen MR) is 135 cm³/mol. The van der Waals surface area contributed by atoms with Gasteiger partial charge < -0.3 is 24.5 Å². The molecule has 3 aliphatic rings. The molecular weight excluding hydrogens is 424 g/mol. The highest BCUT2D eigenvalue weighted by Gasteiger charge is 2.44. The van der Waals surface area contributed by atoms with Crippen LogP contribution < -0.4 is 10.6 Å². The zero-order valence-electron chi connectivity index (χ0n) is 19.3. The lowest BCUT2D eigenvalue weighted by Gasteiger charge is -2.41. The second-order valence-electron chi connectivity index (χ2n) is 10.0. The molecule has 1 aliphatic carbocycles. The summed E-state index contributed by atoms with van der Waals surface area (Å²) in [5.74, 6) is 0.0479. The number of likely N-dealkylation sites (N-methyl/N-ethyl adjacent to an activating group) is 1. The van der Waals surface area contributed by atoms with Crippen molar-refractivity contribution in [3.63, 3.8) is 0 Å². The number of carbonyl (C=O) groups is 1. The van der Waals surface area contributed by atoms with Gasteiger partial charge in [-0.1, -0.05) is 36.4 Å². The maximum atomic E-state index is 13.3. The molecule has 0 unspecified atom stereocenters. The van der Waals surface area contributed by atoms with Crippen molar-refractivity contribution in [3.05, 3.63) is 59.7 Å². The van der Waals surface area contributed by atoms with Gasteiger partial charge in [-0.25, -0.2) is 0 Å². The number of nitrogens with one attached hydrogen (secondary N) is 2. The minimum absolute atomic E-state index is 0.0479. The van der Waals surface area contributed by atoms with E-state index in [1.807, 2.05) is 14.2 Å². The lowest BCUT2D eigenvalue weighted by molar-refractivity contribution is -0.00359. The average molecular weight is 451 g/mol. The molecule has 1 amide bonds. The molecule has 2 N–H and O–H groups in total. The monoisotopic (exact) mass is 450 g/mol. The Balaban J connectivity index is 1.70. The molecule has 3 aromatic carbocycles. The summed E-state index contributed by atoms with van der Waals surface area (Å²) in [6, 6.07) is 18.1. The van der Waals surface area contributed by atoms with Gasteiger partial charge in [-0.15, -0.1) is 0 Å². The first-order chi connectivity index (χ1) is 16.7. The number of hydrogen-bond donors (Lipinski definition) is 2. The van der Waals surface area contributed by atoms with Crippen LogP contribution in [0.2, 0.25) is 0 Å². The molecule has 1 saturated carbocycles. The van der Waals surface area contributed by atoms with Gasteiger partial charge in [0.1, 0.15) is 0 Å². The minimum Gasteiger partial charge on any atom is -0.378 e. The summed E-state index contributed by atoms with van der Waals surface area (Å²) in [5, 5.41) is 11.5. The smallest absolute Gasteiger partial charge is 0.252 e. The van der Waals surface area contributed by atoms with Crippen LogP contribution >= 0.6 is 0 Å². The van der Waals surface area contributed by atoms with Crippen molar-refractivity contribution in [1.82, 2.24) is 19.8 Å². The molecule has 4 atom stereocenters. The van der Waals surface area contributed by atoms with E-state index in [2.05, 4.69) is 68.3 Å². The summed E-state index contributed by atoms with van der Waals surface area (Å²) in [4.78, 5) is 13.3. The standard InChI is InChI=1S/C28H26N4O2/c1-29-18-11-14-12-21(27(18)34-2)32-20-10-6-3-7-15(20)22-17-13-30-28(33)24(17)23-16-8-4-5-9-19(16)31(14)26(23)25(22)32/h3-10,14,18,21,27,29H,11-13H2,1-2H3,(H,30,33)/t14-,18+,21+,27+/m1/s1. The topological polar surface area (TPSA) is 60.2 Å². The Morgan fingerprint density at radius 3 is 2.35 bits per heavy atom. The SMILES string of the molecule is CN[C@H]1C[C@@H]2C[C@@H]([C@H]1OC)n1c3ccccc3c3c4c(c5c6ccccc6n2c5c31)C(=O)NC4. The normalized spacial score (nSPS) is 25.5. The van der Waals surface area contributed by atoms with Crippen molar-refractivity contribution in [1.29, 1.82) is 0 Å². The highest BCUT2D eigenvalue weighted by atomic mass is 16.5. The number of amides is 1. The number of aromatic nitrogens is 2. The van der Waals surface area contributed by atoms with Gasteiger partial charge in [0, 0.05) is 58.3 Å². The number of methoxy groups -OCH3 is 1. The molecule has 2 aromatic heterocycles. The van der Waals surface area contributed by atoms with Crippen LogP contribution in [0.5, 0.6) is 0 Å². The molecule has 34 heavy (non-hydrogen) atoms. The van der Waals surface area contributed by atoms with Crippen molar-refractivity contribution in [2.75, 3.05) is 14.2 Å². The van der Waals surface area contributed by atoms with Gasteiger partial charge in [0.15, 0.2) is 0 Å². The van der Waals surface area contributed by atoms with Gasteiger partial charge >= 0.3 is 0 Å². The molecule has 2 bridgehead atoms. The van der Waals surface area contributed by atoms with Crippen LogP contribution in [0.3, 0.4) is 0 Å². The number of hydrogen-bond acceptors (Lipinski definition) is 3. The molecular formula is C28H26N4O2. The molecule has 6 nitrogen and oxygen atoms in total.